The van der Waals surface area contributed by atoms with Gasteiger partial charge in [0.25, 0.3) is 0 Å². The number of hydrogen-bond acceptors (Lipinski definition) is 3. The van der Waals surface area contributed by atoms with Crippen LogP contribution in [0, 0.1) is 5.92 Å². The monoisotopic (exact) mass is 215 g/mol. The van der Waals surface area contributed by atoms with Crippen LogP contribution in [0.4, 0.5) is 0 Å². The summed E-state index contributed by atoms with van der Waals surface area (Å²) in [5, 5.41) is 3.48. The van der Waals surface area contributed by atoms with Gasteiger partial charge >= 0.3 is 0 Å². The Morgan fingerprint density at radius 2 is 2.50 bits per heavy atom. The van der Waals surface area contributed by atoms with E-state index in [1.165, 1.54) is 11.3 Å². The van der Waals surface area contributed by atoms with Crippen molar-refractivity contribution in [1.82, 2.24) is 5.32 Å². The quantitative estimate of drug-likeness (QED) is 0.684. The van der Waals surface area contributed by atoms with E-state index in [4.69, 9.17) is 4.74 Å². The molecule has 0 aliphatic carbocycles. The second kappa shape index (κ2) is 7.32. The number of thioether (sulfide) groups is 1. The maximum Gasteiger partial charge on any atom is 0.0689 e. The van der Waals surface area contributed by atoms with E-state index in [1.54, 1.807) is 0 Å². The Morgan fingerprint density at radius 1 is 1.64 bits per heavy atom. The second-order valence-electron chi connectivity index (χ2n) is 3.90. The largest absolute Gasteiger partial charge is 0.377 e. The molecule has 1 aliphatic rings. The molecule has 14 heavy (non-hydrogen) atoms. The van der Waals surface area contributed by atoms with Gasteiger partial charge < -0.3 is 10.1 Å². The fraction of sp³-hybridized carbons (Fsp3) is 0.818. The normalized spacial score (nSPS) is 19.1. The highest BCUT2D eigenvalue weighted by Crippen LogP contribution is 2.05. The first kappa shape index (κ1) is 12.1. The van der Waals surface area contributed by atoms with Crippen molar-refractivity contribution in [1.29, 1.82) is 0 Å². The van der Waals surface area contributed by atoms with Crippen molar-refractivity contribution in [2.75, 3.05) is 38.3 Å². The molecule has 1 aliphatic heterocycles. The van der Waals surface area contributed by atoms with Crippen LogP contribution in [0.2, 0.25) is 0 Å². The number of ether oxygens (including phenoxy) is 1. The molecule has 1 unspecified atom stereocenters. The van der Waals surface area contributed by atoms with E-state index in [1.807, 2.05) is 11.8 Å². The Kier molecular flexibility index (Phi) is 6.32. The smallest absolute Gasteiger partial charge is 0.0689 e. The van der Waals surface area contributed by atoms with Gasteiger partial charge in [-0.3, -0.25) is 0 Å². The van der Waals surface area contributed by atoms with E-state index in [-0.39, 0.29) is 0 Å². The average molecular weight is 215 g/mol. The fourth-order valence-electron chi connectivity index (χ4n) is 1.55. The van der Waals surface area contributed by atoms with Crippen molar-refractivity contribution in [2.45, 2.75) is 13.3 Å². The molecule has 0 fully saturated rings. The van der Waals surface area contributed by atoms with Gasteiger partial charge in [0.05, 0.1) is 13.2 Å². The zero-order valence-corrected chi connectivity index (χ0v) is 10.0. The second-order valence-corrected chi connectivity index (χ2v) is 4.81. The predicted octanol–water partition coefficient (Wildman–Crippen LogP) is 1.92. The molecule has 0 spiro atoms. The number of nitrogens with one attached hydrogen (secondary N) is 1. The highest BCUT2D eigenvalue weighted by molar-refractivity contribution is 7.98. The van der Waals surface area contributed by atoms with Crippen LogP contribution in [0.1, 0.15) is 13.3 Å². The Bertz CT molecular complexity index is 182. The summed E-state index contributed by atoms with van der Waals surface area (Å²) in [6.45, 7) is 6.11. The van der Waals surface area contributed by atoms with Gasteiger partial charge in [-0.25, -0.2) is 0 Å². The third kappa shape index (κ3) is 5.03. The Balaban J connectivity index is 2.05. The molecular weight excluding hydrogens is 194 g/mol. The van der Waals surface area contributed by atoms with Gasteiger partial charge in [-0.1, -0.05) is 13.0 Å². The van der Waals surface area contributed by atoms with Crippen molar-refractivity contribution in [3.05, 3.63) is 11.6 Å². The molecule has 0 saturated heterocycles. The molecule has 2 nitrogen and oxygen atoms in total. The maximum absolute atomic E-state index is 5.37. The summed E-state index contributed by atoms with van der Waals surface area (Å²) in [5.41, 5.74) is 1.41. The molecular formula is C11H21NOS. The zero-order valence-electron chi connectivity index (χ0n) is 9.21. The van der Waals surface area contributed by atoms with E-state index >= 15 is 0 Å². The zero-order chi connectivity index (χ0) is 10.2. The van der Waals surface area contributed by atoms with E-state index < -0.39 is 0 Å². The van der Waals surface area contributed by atoms with Crippen molar-refractivity contribution in [3.63, 3.8) is 0 Å². The molecule has 0 aromatic rings. The summed E-state index contributed by atoms with van der Waals surface area (Å²) in [7, 11) is 0. The third-order valence-corrected chi connectivity index (χ3v) is 3.18. The molecule has 1 atom stereocenters. The van der Waals surface area contributed by atoms with Gasteiger partial charge in [-0.15, -0.1) is 0 Å². The summed E-state index contributed by atoms with van der Waals surface area (Å²) in [6, 6.07) is 0. The summed E-state index contributed by atoms with van der Waals surface area (Å²) in [5.74, 6) is 2.00. The van der Waals surface area contributed by atoms with Crippen LogP contribution in [0.25, 0.3) is 0 Å². The molecule has 1 heterocycles. The number of rotatable bonds is 6. The minimum absolute atomic E-state index is 0.759. The van der Waals surface area contributed by atoms with Crippen LogP contribution >= 0.6 is 11.8 Å². The SMILES string of the molecule is CSCC(C)CNCC1=CCCOC1. The molecule has 0 radical (unpaired) electrons. The van der Waals surface area contributed by atoms with Crippen LogP contribution in [-0.4, -0.2) is 38.3 Å². The van der Waals surface area contributed by atoms with E-state index in [0.717, 1.165) is 38.6 Å². The molecule has 0 aromatic heterocycles. The molecule has 0 saturated carbocycles. The van der Waals surface area contributed by atoms with Crippen LogP contribution in [0.3, 0.4) is 0 Å². The van der Waals surface area contributed by atoms with Crippen LogP contribution in [0.15, 0.2) is 11.6 Å². The summed E-state index contributed by atoms with van der Waals surface area (Å²) >= 11 is 1.92. The lowest BCUT2D eigenvalue weighted by molar-refractivity contribution is 0.148. The van der Waals surface area contributed by atoms with E-state index in [0.29, 0.717) is 0 Å². The van der Waals surface area contributed by atoms with Crippen molar-refractivity contribution in [3.8, 4) is 0 Å². The lowest BCUT2D eigenvalue weighted by atomic mass is 10.2. The van der Waals surface area contributed by atoms with Gasteiger partial charge in [0.2, 0.25) is 0 Å². The minimum atomic E-state index is 0.759. The molecule has 3 heteroatoms. The molecule has 0 aromatic carbocycles. The lowest BCUT2D eigenvalue weighted by Crippen LogP contribution is -2.26. The average Bonchev–Trinajstić information content (AvgIpc) is 2.20. The molecule has 1 N–H and O–H groups in total. The first-order valence-corrected chi connectivity index (χ1v) is 6.67. The van der Waals surface area contributed by atoms with Gasteiger partial charge in [-0.2, -0.15) is 11.8 Å². The van der Waals surface area contributed by atoms with Gasteiger partial charge in [0.1, 0.15) is 0 Å². The standard InChI is InChI=1S/C11H21NOS/c1-10(9-14-2)6-12-7-11-4-3-5-13-8-11/h4,10,12H,3,5-9H2,1-2H3. The van der Waals surface area contributed by atoms with Crippen LogP contribution in [0.5, 0.6) is 0 Å². The Hall–Kier alpha value is 0.01000. The molecule has 0 bridgehead atoms. The molecule has 82 valence electrons. The topological polar surface area (TPSA) is 21.3 Å². The first-order chi connectivity index (χ1) is 6.83. The predicted molar refractivity (Wildman–Crippen MR) is 63.9 cm³/mol. The van der Waals surface area contributed by atoms with Crippen molar-refractivity contribution < 1.29 is 4.74 Å². The Labute approximate surface area is 91.5 Å². The van der Waals surface area contributed by atoms with Gasteiger partial charge in [0.15, 0.2) is 0 Å². The fourth-order valence-corrected chi connectivity index (χ4v) is 2.24. The third-order valence-electron chi connectivity index (χ3n) is 2.28. The highest BCUT2D eigenvalue weighted by atomic mass is 32.2. The number of hydrogen-bond donors (Lipinski definition) is 1. The highest BCUT2D eigenvalue weighted by Gasteiger charge is 2.04. The van der Waals surface area contributed by atoms with Gasteiger partial charge in [0, 0.05) is 6.54 Å². The van der Waals surface area contributed by atoms with E-state index in [9.17, 15) is 0 Å². The maximum atomic E-state index is 5.37. The molecule has 0 amide bonds. The summed E-state index contributed by atoms with van der Waals surface area (Å²) in [4.78, 5) is 0. The van der Waals surface area contributed by atoms with Crippen molar-refractivity contribution in [2.24, 2.45) is 5.92 Å². The minimum Gasteiger partial charge on any atom is -0.377 e. The lowest BCUT2D eigenvalue weighted by Gasteiger charge is -2.16. The molecule has 1 rings (SSSR count). The first-order valence-electron chi connectivity index (χ1n) is 5.28. The van der Waals surface area contributed by atoms with E-state index in [2.05, 4.69) is 24.6 Å². The summed E-state index contributed by atoms with van der Waals surface area (Å²) < 4.78 is 5.37. The van der Waals surface area contributed by atoms with Gasteiger partial charge in [-0.05, 0) is 36.5 Å². The Morgan fingerprint density at radius 3 is 3.14 bits per heavy atom. The van der Waals surface area contributed by atoms with Crippen molar-refractivity contribution >= 4 is 11.8 Å². The van der Waals surface area contributed by atoms with Crippen LogP contribution < -0.4 is 5.32 Å². The van der Waals surface area contributed by atoms with Crippen LogP contribution in [-0.2, 0) is 4.74 Å². The summed E-state index contributed by atoms with van der Waals surface area (Å²) in [6.07, 6.45) is 5.54.